The predicted molar refractivity (Wildman–Crippen MR) is 101 cm³/mol. The summed E-state index contributed by atoms with van der Waals surface area (Å²) in [6.07, 6.45) is 5.13. The Labute approximate surface area is 158 Å². The average molecular weight is 365 g/mol. The van der Waals surface area contributed by atoms with Crippen LogP contribution in [-0.4, -0.2) is 31.5 Å². The van der Waals surface area contributed by atoms with E-state index in [9.17, 15) is 5.11 Å². The SMILES string of the molecule is CCc1nccn1Cc1cc(C#Cc2ccc(C(O)CCCO)cc2)on1. The van der Waals surface area contributed by atoms with Crippen molar-refractivity contribution in [2.24, 2.45) is 0 Å². The quantitative estimate of drug-likeness (QED) is 0.629. The minimum absolute atomic E-state index is 0.0837. The summed E-state index contributed by atoms with van der Waals surface area (Å²) < 4.78 is 7.33. The molecule has 6 nitrogen and oxygen atoms in total. The number of benzene rings is 1. The lowest BCUT2D eigenvalue weighted by atomic mass is 10.0. The highest BCUT2D eigenvalue weighted by atomic mass is 16.5. The summed E-state index contributed by atoms with van der Waals surface area (Å²) in [6.45, 7) is 2.75. The summed E-state index contributed by atoms with van der Waals surface area (Å²) >= 11 is 0. The first kappa shape index (κ1) is 18.9. The zero-order valence-corrected chi connectivity index (χ0v) is 15.3. The van der Waals surface area contributed by atoms with Crippen LogP contribution in [0.15, 0.2) is 47.2 Å². The number of rotatable bonds is 7. The number of nitrogens with zero attached hydrogens (tertiary/aromatic N) is 3. The van der Waals surface area contributed by atoms with Gasteiger partial charge in [-0.15, -0.1) is 0 Å². The fraction of sp³-hybridized carbons (Fsp3) is 0.333. The average Bonchev–Trinajstić information content (AvgIpc) is 3.34. The first-order valence-corrected chi connectivity index (χ1v) is 9.06. The number of aliphatic hydroxyl groups is 2. The van der Waals surface area contributed by atoms with E-state index in [1.807, 2.05) is 41.1 Å². The summed E-state index contributed by atoms with van der Waals surface area (Å²) in [5.74, 6) is 7.53. The highest BCUT2D eigenvalue weighted by Gasteiger charge is 2.07. The van der Waals surface area contributed by atoms with Crippen LogP contribution in [0, 0.1) is 11.8 Å². The van der Waals surface area contributed by atoms with Gasteiger partial charge in [-0.2, -0.15) is 0 Å². The van der Waals surface area contributed by atoms with Crippen LogP contribution in [0.25, 0.3) is 0 Å². The van der Waals surface area contributed by atoms with E-state index in [4.69, 9.17) is 9.63 Å². The van der Waals surface area contributed by atoms with Gasteiger partial charge in [0.05, 0.1) is 12.6 Å². The Kier molecular flexibility index (Phi) is 6.42. The minimum Gasteiger partial charge on any atom is -0.396 e. The van der Waals surface area contributed by atoms with Crippen LogP contribution in [0.1, 0.15) is 54.3 Å². The maximum absolute atomic E-state index is 10.0. The highest BCUT2D eigenvalue weighted by molar-refractivity contribution is 5.40. The molecule has 140 valence electrons. The molecule has 1 aromatic carbocycles. The van der Waals surface area contributed by atoms with Crippen LogP contribution in [0.2, 0.25) is 0 Å². The normalized spacial score (nSPS) is 11.8. The third-order valence-electron chi connectivity index (χ3n) is 4.27. The first-order valence-electron chi connectivity index (χ1n) is 9.06. The van der Waals surface area contributed by atoms with E-state index in [1.165, 1.54) is 0 Å². The Morgan fingerprint density at radius 3 is 2.78 bits per heavy atom. The van der Waals surface area contributed by atoms with Crippen LogP contribution in [-0.2, 0) is 13.0 Å². The Morgan fingerprint density at radius 2 is 2.04 bits per heavy atom. The van der Waals surface area contributed by atoms with Crippen LogP contribution in [0.5, 0.6) is 0 Å². The van der Waals surface area contributed by atoms with Crippen molar-refractivity contribution in [2.75, 3.05) is 6.61 Å². The van der Waals surface area contributed by atoms with E-state index >= 15 is 0 Å². The molecule has 0 spiro atoms. The summed E-state index contributed by atoms with van der Waals surface area (Å²) in [5.41, 5.74) is 2.45. The van der Waals surface area contributed by atoms with Gasteiger partial charge in [-0.3, -0.25) is 0 Å². The lowest BCUT2D eigenvalue weighted by Crippen LogP contribution is -2.03. The summed E-state index contributed by atoms with van der Waals surface area (Å²) in [6, 6.07) is 9.26. The smallest absolute Gasteiger partial charge is 0.210 e. The van der Waals surface area contributed by atoms with Crippen LogP contribution in [0.3, 0.4) is 0 Å². The molecular weight excluding hydrogens is 342 g/mol. The van der Waals surface area contributed by atoms with E-state index < -0.39 is 6.10 Å². The molecule has 2 aromatic heterocycles. The van der Waals surface area contributed by atoms with Crippen LogP contribution >= 0.6 is 0 Å². The van der Waals surface area contributed by atoms with Crippen molar-refractivity contribution in [3.8, 4) is 11.8 Å². The van der Waals surface area contributed by atoms with Crippen molar-refractivity contribution in [1.29, 1.82) is 0 Å². The molecule has 3 aromatic rings. The number of hydrogen-bond donors (Lipinski definition) is 2. The maximum atomic E-state index is 10.0. The van der Waals surface area contributed by atoms with E-state index in [0.29, 0.717) is 25.1 Å². The fourth-order valence-electron chi connectivity index (χ4n) is 2.79. The Morgan fingerprint density at radius 1 is 1.22 bits per heavy atom. The first-order chi connectivity index (χ1) is 13.2. The second-order valence-corrected chi connectivity index (χ2v) is 6.26. The molecule has 0 saturated carbocycles. The van der Waals surface area contributed by atoms with Crippen molar-refractivity contribution < 1.29 is 14.7 Å². The molecule has 3 rings (SSSR count). The van der Waals surface area contributed by atoms with Gasteiger partial charge < -0.3 is 19.3 Å². The molecule has 0 aliphatic heterocycles. The number of aryl methyl sites for hydroxylation is 1. The third kappa shape index (κ3) is 5.07. The molecule has 0 fully saturated rings. The molecule has 0 aliphatic rings. The van der Waals surface area contributed by atoms with E-state index in [2.05, 4.69) is 28.9 Å². The van der Waals surface area contributed by atoms with Gasteiger partial charge in [0.15, 0.2) is 0 Å². The molecule has 0 radical (unpaired) electrons. The Hall–Kier alpha value is -2.88. The molecule has 2 heterocycles. The van der Waals surface area contributed by atoms with Gasteiger partial charge >= 0.3 is 0 Å². The zero-order chi connectivity index (χ0) is 19.1. The summed E-state index contributed by atoms with van der Waals surface area (Å²) in [7, 11) is 0. The predicted octanol–water partition coefficient (Wildman–Crippen LogP) is 2.69. The maximum Gasteiger partial charge on any atom is 0.210 e. The van der Waals surface area contributed by atoms with Gasteiger partial charge in [0.2, 0.25) is 5.76 Å². The molecule has 1 unspecified atom stereocenters. The Bertz CT molecular complexity index is 916. The summed E-state index contributed by atoms with van der Waals surface area (Å²) in [5, 5.41) is 22.9. The number of aromatic nitrogens is 3. The lowest BCUT2D eigenvalue weighted by Gasteiger charge is -2.09. The van der Waals surface area contributed by atoms with Gasteiger partial charge in [-0.25, -0.2) is 4.98 Å². The van der Waals surface area contributed by atoms with Crippen molar-refractivity contribution in [3.05, 3.63) is 71.1 Å². The van der Waals surface area contributed by atoms with E-state index in [0.717, 1.165) is 29.1 Å². The molecular formula is C21H23N3O3. The standard InChI is InChI=1S/C21H23N3O3/c1-2-21-22-11-12-24(21)15-18-14-19(27-23-18)10-7-16-5-8-17(9-6-16)20(26)4-3-13-25/h5-6,8-9,11-12,14,20,25-26H,2-4,13,15H2,1H3. The molecule has 0 aliphatic carbocycles. The molecule has 0 saturated heterocycles. The molecule has 0 amide bonds. The highest BCUT2D eigenvalue weighted by Crippen LogP contribution is 2.18. The number of imidazole rings is 1. The van der Waals surface area contributed by atoms with Crippen molar-refractivity contribution >= 4 is 0 Å². The van der Waals surface area contributed by atoms with Crippen LogP contribution in [0.4, 0.5) is 0 Å². The van der Waals surface area contributed by atoms with Gasteiger partial charge in [-0.05, 0) is 36.5 Å². The van der Waals surface area contributed by atoms with E-state index in [1.54, 1.807) is 6.20 Å². The zero-order valence-electron chi connectivity index (χ0n) is 15.3. The second-order valence-electron chi connectivity index (χ2n) is 6.26. The van der Waals surface area contributed by atoms with Gasteiger partial charge in [0.1, 0.15) is 11.5 Å². The topological polar surface area (TPSA) is 84.3 Å². The third-order valence-corrected chi connectivity index (χ3v) is 4.27. The largest absolute Gasteiger partial charge is 0.396 e. The molecule has 27 heavy (non-hydrogen) atoms. The number of hydrogen-bond acceptors (Lipinski definition) is 5. The number of aliphatic hydroxyl groups excluding tert-OH is 2. The van der Waals surface area contributed by atoms with Gasteiger partial charge in [0, 0.05) is 37.1 Å². The lowest BCUT2D eigenvalue weighted by molar-refractivity contribution is 0.152. The van der Waals surface area contributed by atoms with Crippen molar-refractivity contribution in [1.82, 2.24) is 14.7 Å². The minimum atomic E-state index is -0.563. The van der Waals surface area contributed by atoms with Crippen molar-refractivity contribution in [2.45, 2.75) is 38.8 Å². The van der Waals surface area contributed by atoms with Gasteiger partial charge in [0.25, 0.3) is 0 Å². The second kappa shape index (κ2) is 9.17. The Balaban J connectivity index is 1.63. The molecule has 6 heteroatoms. The fourth-order valence-corrected chi connectivity index (χ4v) is 2.79. The van der Waals surface area contributed by atoms with Crippen molar-refractivity contribution in [3.63, 3.8) is 0 Å². The molecule has 1 atom stereocenters. The van der Waals surface area contributed by atoms with Gasteiger partial charge in [-0.1, -0.05) is 30.1 Å². The van der Waals surface area contributed by atoms with E-state index in [-0.39, 0.29) is 6.61 Å². The molecule has 0 bridgehead atoms. The molecule has 2 N–H and O–H groups in total. The monoisotopic (exact) mass is 365 g/mol. The van der Waals surface area contributed by atoms with Crippen LogP contribution < -0.4 is 0 Å². The summed E-state index contributed by atoms with van der Waals surface area (Å²) in [4.78, 5) is 4.30.